The zero-order valence-corrected chi connectivity index (χ0v) is 21.3. The molecule has 0 aliphatic carbocycles. The van der Waals surface area contributed by atoms with E-state index in [0.717, 1.165) is 35.3 Å². The molecule has 1 aliphatic rings. The summed E-state index contributed by atoms with van der Waals surface area (Å²) in [7, 11) is 0. The fraction of sp³-hybridized carbons (Fsp3) is 0.367. The molecule has 0 fully saturated rings. The summed E-state index contributed by atoms with van der Waals surface area (Å²) in [5.41, 5.74) is 15.5. The molecular weight excluding hydrogens is 434 g/mol. The molecule has 2 unspecified atom stereocenters. The van der Waals surface area contributed by atoms with E-state index in [1.165, 1.54) is 22.3 Å². The van der Waals surface area contributed by atoms with Crippen molar-refractivity contribution in [2.45, 2.75) is 59.0 Å². The van der Waals surface area contributed by atoms with Crippen LogP contribution in [0.4, 0.5) is 5.69 Å². The predicted molar refractivity (Wildman–Crippen MR) is 143 cm³/mol. The van der Waals surface area contributed by atoms with E-state index in [4.69, 9.17) is 5.73 Å². The number of anilines is 1. The van der Waals surface area contributed by atoms with E-state index >= 15 is 0 Å². The number of carbonyl (C=O) groups excluding carboxylic acids is 1. The molecule has 0 spiro atoms. The van der Waals surface area contributed by atoms with Crippen molar-refractivity contribution < 1.29 is 9.90 Å². The van der Waals surface area contributed by atoms with E-state index in [2.05, 4.69) is 56.4 Å². The molecule has 0 saturated carbocycles. The van der Waals surface area contributed by atoms with Crippen LogP contribution in [-0.2, 0) is 17.6 Å². The monoisotopic (exact) mass is 471 g/mol. The maximum atomic E-state index is 13.6. The number of hydrogen-bond acceptors (Lipinski definition) is 4. The van der Waals surface area contributed by atoms with Crippen LogP contribution in [-0.4, -0.2) is 35.0 Å². The van der Waals surface area contributed by atoms with Crippen LogP contribution < -0.4 is 11.1 Å². The van der Waals surface area contributed by atoms with Gasteiger partial charge in [0.15, 0.2) is 0 Å². The molecule has 4 N–H and O–H groups in total. The summed E-state index contributed by atoms with van der Waals surface area (Å²) in [6, 6.07) is 17.5. The molecule has 3 aromatic carbocycles. The minimum absolute atomic E-state index is 0.00386. The molecule has 1 aliphatic heterocycles. The van der Waals surface area contributed by atoms with Gasteiger partial charge in [-0.05, 0) is 86.1 Å². The normalized spacial score (nSPS) is 15.7. The lowest BCUT2D eigenvalue weighted by molar-refractivity contribution is -0.135. The lowest BCUT2D eigenvalue weighted by Gasteiger charge is -2.37. The zero-order valence-electron chi connectivity index (χ0n) is 21.3. The zero-order chi connectivity index (χ0) is 25.1. The van der Waals surface area contributed by atoms with Crippen LogP contribution in [0, 0.1) is 20.8 Å². The van der Waals surface area contributed by atoms with Gasteiger partial charge in [-0.3, -0.25) is 4.79 Å². The number of aryl methyl sites for hydroxylation is 3. The predicted octanol–water partition coefficient (Wildman–Crippen LogP) is 5.18. The first-order valence-corrected chi connectivity index (χ1v) is 12.5. The fourth-order valence-corrected chi connectivity index (χ4v) is 5.44. The molecule has 3 aromatic rings. The van der Waals surface area contributed by atoms with Gasteiger partial charge in [0.05, 0.1) is 12.1 Å². The second-order valence-electron chi connectivity index (χ2n) is 9.77. The average Bonchev–Trinajstić information content (AvgIpc) is 2.83. The van der Waals surface area contributed by atoms with E-state index in [-0.39, 0.29) is 11.9 Å². The minimum atomic E-state index is -0.585. The standard InChI is InChI=1S/C30H37N3O2/c1-5-33(30(35)26(31)18-24-20(3)14-19(2)15-21(24)4)28-12-13-32-27-11-10-22(17-25(27)28)16-23-8-6-7-9-29(23)34/h6-11,14-15,17,26,28,32,34H,5,12-13,16,18,31H2,1-4H3. The highest BCUT2D eigenvalue weighted by atomic mass is 16.3. The third-order valence-corrected chi connectivity index (χ3v) is 7.18. The van der Waals surface area contributed by atoms with Crippen molar-refractivity contribution in [3.05, 3.63) is 93.5 Å². The highest BCUT2D eigenvalue weighted by molar-refractivity contribution is 5.83. The van der Waals surface area contributed by atoms with E-state index < -0.39 is 6.04 Å². The summed E-state index contributed by atoms with van der Waals surface area (Å²) in [5, 5.41) is 13.7. The number of phenolic OH excluding ortho intramolecular Hbond substituents is 1. The van der Waals surface area contributed by atoms with E-state index in [1.807, 2.05) is 30.0 Å². The van der Waals surface area contributed by atoms with Crippen LogP contribution in [0.15, 0.2) is 54.6 Å². The molecule has 1 heterocycles. The first kappa shape index (κ1) is 24.8. The quantitative estimate of drug-likeness (QED) is 0.443. The summed E-state index contributed by atoms with van der Waals surface area (Å²) in [6.45, 7) is 9.73. The van der Waals surface area contributed by atoms with Crippen LogP contribution in [0.3, 0.4) is 0 Å². The third kappa shape index (κ3) is 5.35. The number of carbonyl (C=O) groups is 1. The molecule has 184 valence electrons. The van der Waals surface area contributed by atoms with Gasteiger partial charge >= 0.3 is 0 Å². The lowest BCUT2D eigenvalue weighted by atomic mass is 9.91. The molecule has 4 rings (SSSR count). The van der Waals surface area contributed by atoms with Crippen molar-refractivity contribution in [3.8, 4) is 5.75 Å². The second kappa shape index (κ2) is 10.5. The van der Waals surface area contributed by atoms with Crippen LogP contribution in [0.2, 0.25) is 0 Å². The number of nitrogens with one attached hydrogen (secondary N) is 1. The van der Waals surface area contributed by atoms with Gasteiger partial charge in [0.2, 0.25) is 5.91 Å². The van der Waals surface area contributed by atoms with Crippen molar-refractivity contribution in [2.75, 3.05) is 18.4 Å². The Morgan fingerprint density at radius 1 is 1.11 bits per heavy atom. The number of rotatable bonds is 7. The summed E-state index contributed by atoms with van der Waals surface area (Å²) in [5.74, 6) is 0.300. The Bertz CT molecular complexity index is 1200. The summed E-state index contributed by atoms with van der Waals surface area (Å²) >= 11 is 0. The van der Waals surface area contributed by atoms with Gasteiger partial charge in [0.25, 0.3) is 0 Å². The maximum absolute atomic E-state index is 13.6. The number of para-hydroxylation sites is 1. The second-order valence-corrected chi connectivity index (χ2v) is 9.77. The first-order chi connectivity index (χ1) is 16.8. The molecule has 0 radical (unpaired) electrons. The van der Waals surface area contributed by atoms with Gasteiger partial charge in [0.1, 0.15) is 5.75 Å². The van der Waals surface area contributed by atoms with Crippen molar-refractivity contribution >= 4 is 11.6 Å². The number of amides is 1. The molecule has 2 atom stereocenters. The number of benzene rings is 3. The molecule has 1 amide bonds. The minimum Gasteiger partial charge on any atom is -0.508 e. The Hall–Kier alpha value is -3.31. The molecule has 35 heavy (non-hydrogen) atoms. The van der Waals surface area contributed by atoms with Gasteiger partial charge in [-0.1, -0.05) is 48.0 Å². The highest BCUT2D eigenvalue weighted by Crippen LogP contribution is 2.36. The highest BCUT2D eigenvalue weighted by Gasteiger charge is 2.31. The van der Waals surface area contributed by atoms with Crippen molar-refractivity contribution in [3.63, 3.8) is 0 Å². The first-order valence-electron chi connectivity index (χ1n) is 12.5. The average molecular weight is 472 g/mol. The van der Waals surface area contributed by atoms with Crippen LogP contribution in [0.5, 0.6) is 5.75 Å². The van der Waals surface area contributed by atoms with Crippen molar-refractivity contribution in [1.29, 1.82) is 0 Å². The molecule has 0 bridgehead atoms. The number of phenols is 1. The summed E-state index contributed by atoms with van der Waals surface area (Å²) in [6.07, 6.45) is 2.01. The lowest BCUT2D eigenvalue weighted by Crippen LogP contribution is -2.47. The van der Waals surface area contributed by atoms with Gasteiger partial charge < -0.3 is 21.1 Å². The SMILES string of the molecule is CCN(C(=O)C(N)Cc1c(C)cc(C)cc1C)C1CCNc2ccc(Cc3ccccc3O)cc21. The summed E-state index contributed by atoms with van der Waals surface area (Å²) in [4.78, 5) is 15.6. The molecule has 5 nitrogen and oxygen atoms in total. The topological polar surface area (TPSA) is 78.6 Å². The third-order valence-electron chi connectivity index (χ3n) is 7.18. The van der Waals surface area contributed by atoms with Crippen LogP contribution >= 0.6 is 0 Å². The fourth-order valence-electron chi connectivity index (χ4n) is 5.44. The number of fused-ring (bicyclic) bond motifs is 1. The Labute approximate surface area is 209 Å². The Balaban J connectivity index is 1.58. The number of likely N-dealkylation sites (N-methyl/N-ethyl adjacent to an activating group) is 1. The number of nitrogens with two attached hydrogens (primary N) is 1. The van der Waals surface area contributed by atoms with Crippen molar-refractivity contribution in [2.24, 2.45) is 5.73 Å². The Morgan fingerprint density at radius 2 is 1.83 bits per heavy atom. The van der Waals surface area contributed by atoms with E-state index in [9.17, 15) is 9.90 Å². The Kier molecular flexibility index (Phi) is 7.46. The maximum Gasteiger partial charge on any atom is 0.240 e. The smallest absolute Gasteiger partial charge is 0.240 e. The molecule has 5 heteroatoms. The van der Waals surface area contributed by atoms with Crippen LogP contribution in [0.1, 0.15) is 58.3 Å². The van der Waals surface area contributed by atoms with E-state index in [0.29, 0.717) is 25.1 Å². The number of aromatic hydroxyl groups is 1. The van der Waals surface area contributed by atoms with Gasteiger partial charge in [0, 0.05) is 25.2 Å². The molecule has 0 saturated heterocycles. The Morgan fingerprint density at radius 3 is 2.51 bits per heavy atom. The molecule has 0 aromatic heterocycles. The number of hydrogen-bond donors (Lipinski definition) is 3. The van der Waals surface area contributed by atoms with Gasteiger partial charge in [-0.2, -0.15) is 0 Å². The largest absolute Gasteiger partial charge is 0.508 e. The van der Waals surface area contributed by atoms with Crippen molar-refractivity contribution in [1.82, 2.24) is 4.90 Å². The molecular formula is C30H37N3O2. The van der Waals surface area contributed by atoms with Gasteiger partial charge in [-0.25, -0.2) is 0 Å². The number of nitrogens with zero attached hydrogens (tertiary/aromatic N) is 1. The summed E-state index contributed by atoms with van der Waals surface area (Å²) < 4.78 is 0. The van der Waals surface area contributed by atoms with Crippen LogP contribution in [0.25, 0.3) is 0 Å². The van der Waals surface area contributed by atoms with Gasteiger partial charge in [-0.15, -0.1) is 0 Å². The van der Waals surface area contributed by atoms with E-state index in [1.54, 1.807) is 6.07 Å².